The van der Waals surface area contributed by atoms with E-state index < -0.39 is 0 Å². The van der Waals surface area contributed by atoms with E-state index in [4.69, 9.17) is 4.74 Å². The summed E-state index contributed by atoms with van der Waals surface area (Å²) < 4.78 is 8.11. The molecular formula is C19H23N3O3. The normalized spacial score (nSPS) is 23.4. The Kier molecular flexibility index (Phi) is 4.42. The topological polar surface area (TPSA) is 77.2 Å². The van der Waals surface area contributed by atoms with E-state index in [0.717, 1.165) is 12.8 Å². The maximum absolute atomic E-state index is 11.2. The van der Waals surface area contributed by atoms with E-state index in [0.29, 0.717) is 36.5 Å². The van der Waals surface area contributed by atoms with E-state index in [1.165, 1.54) is 43.8 Å². The van der Waals surface area contributed by atoms with Gasteiger partial charge in [0.15, 0.2) is 12.0 Å². The Balaban J connectivity index is 1.51. The molecule has 2 saturated carbocycles. The minimum Gasteiger partial charge on any atom is -0.505 e. The van der Waals surface area contributed by atoms with Crippen molar-refractivity contribution in [2.75, 3.05) is 6.61 Å². The number of aromatic nitrogens is 3. The fourth-order valence-corrected chi connectivity index (χ4v) is 3.91. The van der Waals surface area contributed by atoms with Gasteiger partial charge in [-0.1, -0.05) is 12.8 Å². The van der Waals surface area contributed by atoms with Crippen LogP contribution in [-0.4, -0.2) is 32.8 Å². The van der Waals surface area contributed by atoms with Gasteiger partial charge < -0.3 is 9.84 Å². The van der Waals surface area contributed by atoms with E-state index in [1.807, 2.05) is 6.20 Å². The molecule has 2 aliphatic rings. The number of hydrogen-bond acceptors (Lipinski definition) is 5. The number of pyridine rings is 1. The summed E-state index contributed by atoms with van der Waals surface area (Å²) >= 11 is 0. The monoisotopic (exact) mass is 341 g/mol. The Morgan fingerprint density at radius 3 is 2.88 bits per heavy atom. The van der Waals surface area contributed by atoms with Gasteiger partial charge in [0.25, 0.3) is 0 Å². The number of rotatable bonds is 6. The van der Waals surface area contributed by atoms with Gasteiger partial charge in [0.2, 0.25) is 0 Å². The van der Waals surface area contributed by atoms with Gasteiger partial charge in [-0.15, -0.1) is 0 Å². The molecule has 2 unspecified atom stereocenters. The first-order valence-electron chi connectivity index (χ1n) is 9.06. The summed E-state index contributed by atoms with van der Waals surface area (Å²) in [5.74, 6) is 1.03. The highest BCUT2D eigenvalue weighted by atomic mass is 16.5. The predicted molar refractivity (Wildman–Crippen MR) is 92.0 cm³/mol. The lowest BCUT2D eigenvalue weighted by molar-refractivity contribution is 0.111. The lowest BCUT2D eigenvalue weighted by Crippen LogP contribution is -2.26. The van der Waals surface area contributed by atoms with E-state index in [9.17, 15) is 9.90 Å². The molecule has 0 saturated heterocycles. The fourth-order valence-electron chi connectivity index (χ4n) is 3.91. The van der Waals surface area contributed by atoms with Crippen molar-refractivity contribution in [1.29, 1.82) is 0 Å². The van der Waals surface area contributed by atoms with Crippen molar-refractivity contribution >= 4 is 6.29 Å². The average Bonchev–Trinajstić information content (AvgIpc) is 3.37. The van der Waals surface area contributed by atoms with E-state index in [2.05, 4.69) is 20.8 Å². The Morgan fingerprint density at radius 1 is 1.24 bits per heavy atom. The van der Waals surface area contributed by atoms with Crippen LogP contribution in [0, 0.1) is 5.92 Å². The second-order valence-corrected chi connectivity index (χ2v) is 7.08. The summed E-state index contributed by atoms with van der Waals surface area (Å²) in [5, 5.41) is 14.3. The first kappa shape index (κ1) is 16.1. The first-order chi connectivity index (χ1) is 12.3. The molecule has 2 aromatic rings. The number of carbonyl (C=O) groups excluding carboxylic acids is 1. The Hall–Kier alpha value is -2.37. The average molecular weight is 341 g/mol. The third kappa shape index (κ3) is 3.25. The number of hydrogen-bond donors (Lipinski definition) is 1. The molecule has 0 aliphatic heterocycles. The molecule has 6 nitrogen and oxygen atoms in total. The van der Waals surface area contributed by atoms with Gasteiger partial charge in [0.05, 0.1) is 25.0 Å². The van der Waals surface area contributed by atoms with Crippen molar-refractivity contribution in [3.63, 3.8) is 0 Å². The van der Waals surface area contributed by atoms with Crippen molar-refractivity contribution in [2.24, 2.45) is 5.92 Å². The zero-order chi connectivity index (χ0) is 17.2. The Labute approximate surface area is 146 Å². The van der Waals surface area contributed by atoms with E-state index in [1.54, 1.807) is 0 Å². The molecule has 2 heterocycles. The highest BCUT2D eigenvalue weighted by molar-refractivity contribution is 5.82. The van der Waals surface area contributed by atoms with Crippen LogP contribution >= 0.6 is 0 Å². The van der Waals surface area contributed by atoms with Gasteiger partial charge >= 0.3 is 0 Å². The molecule has 0 bridgehead atoms. The smallest absolute Gasteiger partial charge is 0.157 e. The third-order valence-electron chi connectivity index (χ3n) is 5.38. The molecular weight excluding hydrogens is 318 g/mol. The van der Waals surface area contributed by atoms with Crippen LogP contribution in [0.1, 0.15) is 66.5 Å². The molecule has 2 fully saturated rings. The standard InChI is InChI=1S/C19H23N3O3/c23-11-16-18(24)9-20-10-19(16)25-12-13-3-1-2-4-15(13)17-7-8-21-22(17)14-5-6-14/h7-11,13-15,24H,1-6,12H2. The molecule has 2 aromatic heterocycles. The molecule has 6 heteroatoms. The molecule has 2 aliphatic carbocycles. The van der Waals surface area contributed by atoms with Gasteiger partial charge in [-0.25, -0.2) is 0 Å². The largest absolute Gasteiger partial charge is 0.505 e. The van der Waals surface area contributed by atoms with Gasteiger partial charge in [0.1, 0.15) is 11.3 Å². The summed E-state index contributed by atoms with van der Waals surface area (Å²) in [6.45, 7) is 0.520. The van der Waals surface area contributed by atoms with Gasteiger partial charge in [0, 0.05) is 23.7 Å². The summed E-state index contributed by atoms with van der Waals surface area (Å²) in [7, 11) is 0. The zero-order valence-electron chi connectivity index (χ0n) is 14.2. The van der Waals surface area contributed by atoms with Crippen LogP contribution in [0.5, 0.6) is 11.5 Å². The lowest BCUT2D eigenvalue weighted by Gasteiger charge is -2.32. The molecule has 0 spiro atoms. The van der Waals surface area contributed by atoms with Crippen LogP contribution in [0.4, 0.5) is 0 Å². The van der Waals surface area contributed by atoms with Crippen LogP contribution in [0.25, 0.3) is 0 Å². The molecule has 2 atom stereocenters. The van der Waals surface area contributed by atoms with Crippen LogP contribution in [0.15, 0.2) is 24.7 Å². The summed E-state index contributed by atoms with van der Waals surface area (Å²) in [5.41, 5.74) is 1.49. The summed E-state index contributed by atoms with van der Waals surface area (Å²) in [6, 6.07) is 2.72. The van der Waals surface area contributed by atoms with Crippen LogP contribution in [-0.2, 0) is 0 Å². The summed E-state index contributed by atoms with van der Waals surface area (Å²) in [4.78, 5) is 15.1. The van der Waals surface area contributed by atoms with Crippen LogP contribution < -0.4 is 4.74 Å². The minimum absolute atomic E-state index is 0.139. The number of aromatic hydroxyl groups is 1. The van der Waals surface area contributed by atoms with Crippen molar-refractivity contribution in [1.82, 2.24) is 14.8 Å². The quantitative estimate of drug-likeness (QED) is 0.814. The second kappa shape index (κ2) is 6.86. The van der Waals surface area contributed by atoms with Crippen LogP contribution in [0.2, 0.25) is 0 Å². The molecule has 0 aromatic carbocycles. The third-order valence-corrected chi connectivity index (χ3v) is 5.38. The number of carbonyl (C=O) groups is 1. The molecule has 1 N–H and O–H groups in total. The maximum atomic E-state index is 11.2. The Morgan fingerprint density at radius 2 is 2.08 bits per heavy atom. The van der Waals surface area contributed by atoms with Crippen molar-refractivity contribution in [2.45, 2.75) is 50.5 Å². The Bertz CT molecular complexity index is 754. The summed E-state index contributed by atoms with van der Waals surface area (Å²) in [6.07, 6.45) is 12.4. The van der Waals surface area contributed by atoms with Crippen molar-refractivity contribution < 1.29 is 14.6 Å². The van der Waals surface area contributed by atoms with E-state index >= 15 is 0 Å². The highest BCUT2D eigenvalue weighted by Crippen LogP contribution is 2.42. The van der Waals surface area contributed by atoms with E-state index in [-0.39, 0.29) is 11.3 Å². The number of ether oxygens (including phenoxy) is 1. The highest BCUT2D eigenvalue weighted by Gasteiger charge is 2.33. The fraction of sp³-hybridized carbons (Fsp3) is 0.526. The van der Waals surface area contributed by atoms with Crippen molar-refractivity contribution in [3.8, 4) is 11.5 Å². The maximum Gasteiger partial charge on any atom is 0.157 e. The zero-order valence-corrected chi connectivity index (χ0v) is 14.2. The van der Waals surface area contributed by atoms with Gasteiger partial charge in [-0.05, 0) is 31.7 Å². The molecule has 0 amide bonds. The SMILES string of the molecule is O=Cc1c(O)cncc1OCC1CCCCC1c1ccnn1C1CC1. The number of nitrogens with zero attached hydrogens (tertiary/aromatic N) is 3. The second-order valence-electron chi connectivity index (χ2n) is 7.08. The lowest BCUT2D eigenvalue weighted by atomic mass is 9.78. The molecule has 25 heavy (non-hydrogen) atoms. The van der Waals surface area contributed by atoms with Crippen LogP contribution in [0.3, 0.4) is 0 Å². The molecule has 4 rings (SSSR count). The molecule has 0 radical (unpaired) electrons. The molecule has 132 valence electrons. The predicted octanol–water partition coefficient (Wildman–Crippen LogP) is 3.48. The minimum atomic E-state index is -0.139. The van der Waals surface area contributed by atoms with Crippen molar-refractivity contribution in [3.05, 3.63) is 35.9 Å². The number of aldehydes is 1. The first-order valence-corrected chi connectivity index (χ1v) is 9.06. The van der Waals surface area contributed by atoms with Gasteiger partial charge in [-0.3, -0.25) is 14.5 Å². The van der Waals surface area contributed by atoms with Gasteiger partial charge in [-0.2, -0.15) is 5.10 Å².